The number of aliphatic hydroxyl groups excluding tert-OH is 1. The number of nitrogens with zero attached hydrogens (tertiary/aromatic N) is 1. The zero-order chi connectivity index (χ0) is 10.7. The van der Waals surface area contributed by atoms with Crippen LogP contribution in [-0.4, -0.2) is 42.3 Å². The van der Waals surface area contributed by atoms with E-state index in [-0.39, 0.29) is 6.10 Å². The molecule has 0 aliphatic rings. The van der Waals surface area contributed by atoms with Crippen molar-refractivity contribution < 1.29 is 5.11 Å². The molecule has 3 nitrogen and oxygen atoms in total. The van der Waals surface area contributed by atoms with Crippen LogP contribution in [0.5, 0.6) is 0 Å². The molecule has 0 spiro atoms. The van der Waals surface area contributed by atoms with Gasteiger partial charge in [-0.05, 0) is 26.1 Å². The summed E-state index contributed by atoms with van der Waals surface area (Å²) in [6.07, 6.45) is 0.473. The molecule has 3 heteroatoms. The minimum absolute atomic E-state index is 0.287. The van der Waals surface area contributed by atoms with Crippen LogP contribution in [0.15, 0.2) is 0 Å². The Labute approximate surface area is 82.9 Å². The fraction of sp³-hybridized carbons (Fsp3) is 1.00. The second-order valence-electron chi connectivity index (χ2n) is 2.92. The summed E-state index contributed by atoms with van der Waals surface area (Å²) in [4.78, 5) is 2.38. The minimum Gasteiger partial charge on any atom is -0.392 e. The van der Waals surface area contributed by atoms with Crippen LogP contribution in [0.3, 0.4) is 0 Å². The van der Waals surface area contributed by atoms with E-state index >= 15 is 0 Å². The summed E-state index contributed by atoms with van der Waals surface area (Å²) in [5.74, 6) is 0. The second kappa shape index (κ2) is 11.9. The Balaban J connectivity index is 0. The normalized spacial score (nSPS) is 12.2. The van der Waals surface area contributed by atoms with Gasteiger partial charge in [-0.15, -0.1) is 0 Å². The van der Waals surface area contributed by atoms with Crippen LogP contribution in [0.4, 0.5) is 0 Å². The molecule has 1 atom stereocenters. The Bertz CT molecular complexity index is 75.5. The number of hydrogen-bond acceptors (Lipinski definition) is 3. The highest BCUT2D eigenvalue weighted by Gasteiger charge is 1.91. The van der Waals surface area contributed by atoms with Gasteiger partial charge in [0.05, 0.1) is 6.10 Å². The summed E-state index contributed by atoms with van der Waals surface area (Å²) < 4.78 is 0. The molecule has 0 saturated heterocycles. The van der Waals surface area contributed by atoms with E-state index in [0.717, 1.165) is 6.42 Å². The molecule has 0 fully saturated rings. The first-order valence-electron chi connectivity index (χ1n) is 5.26. The van der Waals surface area contributed by atoms with Crippen molar-refractivity contribution in [3.63, 3.8) is 0 Å². The van der Waals surface area contributed by atoms with Gasteiger partial charge in [0.1, 0.15) is 0 Å². The Morgan fingerprint density at radius 1 is 1.08 bits per heavy atom. The third kappa shape index (κ3) is 11.9. The third-order valence-corrected chi connectivity index (χ3v) is 2.08. The lowest BCUT2D eigenvalue weighted by atomic mass is 10.3. The number of rotatable bonds is 5. The van der Waals surface area contributed by atoms with Crippen LogP contribution in [0.2, 0.25) is 0 Å². The van der Waals surface area contributed by atoms with E-state index in [2.05, 4.69) is 25.7 Å². The van der Waals surface area contributed by atoms with Gasteiger partial charge in [0.2, 0.25) is 0 Å². The molecule has 3 N–H and O–H groups in total. The average molecular weight is 190 g/mol. The first-order chi connectivity index (χ1) is 6.15. The van der Waals surface area contributed by atoms with Gasteiger partial charge in [0.15, 0.2) is 0 Å². The highest BCUT2D eigenvalue weighted by molar-refractivity contribution is 4.48. The van der Waals surface area contributed by atoms with Crippen molar-refractivity contribution in [2.75, 3.05) is 26.2 Å². The Kier molecular flexibility index (Phi) is 14.0. The molecule has 0 saturated carbocycles. The maximum atomic E-state index is 8.54. The predicted molar refractivity (Wildman–Crippen MR) is 58.8 cm³/mol. The maximum absolute atomic E-state index is 8.54. The molecule has 0 aliphatic heterocycles. The molecule has 0 heterocycles. The Morgan fingerprint density at radius 2 is 1.46 bits per heavy atom. The quantitative estimate of drug-likeness (QED) is 0.681. The molecule has 1 unspecified atom stereocenters. The van der Waals surface area contributed by atoms with Crippen molar-refractivity contribution in [1.82, 2.24) is 4.90 Å². The summed E-state index contributed by atoms with van der Waals surface area (Å²) in [5.41, 5.74) is 5.03. The summed E-state index contributed by atoms with van der Waals surface area (Å²) >= 11 is 0. The maximum Gasteiger partial charge on any atom is 0.0659 e. The van der Waals surface area contributed by atoms with Crippen LogP contribution in [0, 0.1) is 0 Å². The molecule has 82 valence electrons. The van der Waals surface area contributed by atoms with Crippen molar-refractivity contribution in [1.29, 1.82) is 0 Å². The van der Waals surface area contributed by atoms with E-state index in [1.807, 2.05) is 6.92 Å². The van der Waals surface area contributed by atoms with Gasteiger partial charge in [-0.1, -0.05) is 27.7 Å². The molecular weight excluding hydrogens is 164 g/mol. The average Bonchev–Trinajstić information content (AvgIpc) is 2.20. The molecule has 0 bridgehead atoms. The Hall–Kier alpha value is -0.120. The topological polar surface area (TPSA) is 49.5 Å². The van der Waals surface area contributed by atoms with Gasteiger partial charge in [0, 0.05) is 6.54 Å². The molecule has 0 rings (SSSR count). The minimum atomic E-state index is -0.287. The lowest BCUT2D eigenvalue weighted by molar-refractivity contribution is 0.179. The summed E-state index contributed by atoms with van der Waals surface area (Å²) in [7, 11) is 0. The zero-order valence-corrected chi connectivity index (χ0v) is 9.58. The summed E-state index contributed by atoms with van der Waals surface area (Å²) in [5, 5.41) is 8.54. The molecule has 0 aromatic rings. The van der Waals surface area contributed by atoms with Gasteiger partial charge in [-0.25, -0.2) is 0 Å². The third-order valence-electron chi connectivity index (χ3n) is 2.08. The number of aliphatic hydroxyl groups is 1. The molecule has 0 aliphatic carbocycles. The van der Waals surface area contributed by atoms with Crippen molar-refractivity contribution in [3.05, 3.63) is 0 Å². The number of nitrogens with two attached hydrogens (primary N) is 1. The van der Waals surface area contributed by atoms with Crippen molar-refractivity contribution in [3.8, 4) is 0 Å². The lowest BCUT2D eigenvalue weighted by Gasteiger charge is -2.13. The molecule has 0 aromatic carbocycles. The largest absolute Gasteiger partial charge is 0.392 e. The monoisotopic (exact) mass is 190 g/mol. The predicted octanol–water partition coefficient (Wildman–Crippen LogP) is 1.06. The van der Waals surface area contributed by atoms with E-state index < -0.39 is 0 Å². The molecule has 0 radical (unpaired) electrons. The van der Waals surface area contributed by atoms with Crippen molar-refractivity contribution in [2.24, 2.45) is 5.73 Å². The SMILES string of the molecule is CCC(O)CN.CCN(CC)CC. The van der Waals surface area contributed by atoms with E-state index in [9.17, 15) is 0 Å². The van der Waals surface area contributed by atoms with Gasteiger partial charge in [-0.2, -0.15) is 0 Å². The van der Waals surface area contributed by atoms with Gasteiger partial charge in [-0.3, -0.25) is 0 Å². The van der Waals surface area contributed by atoms with Crippen molar-refractivity contribution >= 4 is 0 Å². The summed E-state index contributed by atoms with van der Waals surface area (Å²) in [6, 6.07) is 0. The fourth-order valence-electron chi connectivity index (χ4n) is 0.837. The highest BCUT2D eigenvalue weighted by atomic mass is 16.3. The fourth-order valence-corrected chi connectivity index (χ4v) is 0.837. The van der Waals surface area contributed by atoms with Crippen LogP contribution in [0.1, 0.15) is 34.1 Å². The first-order valence-corrected chi connectivity index (χ1v) is 5.26. The van der Waals surface area contributed by atoms with E-state index in [4.69, 9.17) is 10.8 Å². The van der Waals surface area contributed by atoms with Crippen molar-refractivity contribution in [2.45, 2.75) is 40.2 Å². The smallest absolute Gasteiger partial charge is 0.0659 e. The van der Waals surface area contributed by atoms with E-state index in [0.29, 0.717) is 6.54 Å². The van der Waals surface area contributed by atoms with Crippen LogP contribution < -0.4 is 5.73 Å². The van der Waals surface area contributed by atoms with Crippen LogP contribution in [-0.2, 0) is 0 Å². The lowest BCUT2D eigenvalue weighted by Crippen LogP contribution is -2.21. The van der Waals surface area contributed by atoms with E-state index in [1.165, 1.54) is 19.6 Å². The Morgan fingerprint density at radius 3 is 1.46 bits per heavy atom. The first kappa shape index (κ1) is 15.4. The van der Waals surface area contributed by atoms with Gasteiger partial charge in [0.25, 0.3) is 0 Å². The second-order valence-corrected chi connectivity index (χ2v) is 2.92. The van der Waals surface area contributed by atoms with Crippen LogP contribution >= 0.6 is 0 Å². The zero-order valence-electron chi connectivity index (χ0n) is 9.58. The standard InChI is InChI=1S/C6H15N.C4H11NO/c1-4-7(5-2)6-3;1-2-4(6)3-5/h4-6H2,1-3H3;4,6H,2-3,5H2,1H3. The number of hydrogen-bond donors (Lipinski definition) is 2. The van der Waals surface area contributed by atoms with Gasteiger partial charge >= 0.3 is 0 Å². The van der Waals surface area contributed by atoms with Crippen LogP contribution in [0.25, 0.3) is 0 Å². The molecule has 0 amide bonds. The molecule has 13 heavy (non-hydrogen) atoms. The molecular formula is C10H26N2O. The van der Waals surface area contributed by atoms with E-state index in [1.54, 1.807) is 0 Å². The van der Waals surface area contributed by atoms with Gasteiger partial charge < -0.3 is 15.7 Å². The summed E-state index contributed by atoms with van der Waals surface area (Å²) in [6.45, 7) is 12.4. The highest BCUT2D eigenvalue weighted by Crippen LogP contribution is 1.82. The molecule has 0 aromatic heterocycles.